The first kappa shape index (κ1) is 16.3. The van der Waals surface area contributed by atoms with Gasteiger partial charge in [-0.2, -0.15) is 0 Å². The Morgan fingerprint density at radius 3 is 1.76 bits per heavy atom. The number of carbonyl (C=O) groups is 1. The average molecular weight is 252 g/mol. The molecule has 0 aliphatic rings. The number of aliphatic carboxylic acids is 1. The molecule has 7 nitrogen and oxygen atoms in total. The molecule has 0 unspecified atom stereocenters. The molecule has 0 fully saturated rings. The van der Waals surface area contributed by atoms with E-state index in [2.05, 4.69) is 0 Å². The van der Waals surface area contributed by atoms with Gasteiger partial charge in [-0.05, 0) is 0 Å². The van der Waals surface area contributed by atoms with E-state index in [-0.39, 0.29) is 6.61 Å². The lowest BCUT2D eigenvalue weighted by atomic mass is 10.0. The van der Waals surface area contributed by atoms with Crippen LogP contribution in [0.25, 0.3) is 0 Å². The highest BCUT2D eigenvalue weighted by molar-refractivity contribution is 5.73. The van der Waals surface area contributed by atoms with Gasteiger partial charge in [-0.15, -0.1) is 0 Å². The van der Waals surface area contributed by atoms with Gasteiger partial charge in [-0.25, -0.2) is 4.79 Å². The molecule has 0 aliphatic heterocycles. The third-order valence-electron chi connectivity index (χ3n) is 2.51. The molecule has 0 bridgehead atoms. The Morgan fingerprint density at radius 2 is 1.53 bits per heavy atom. The summed E-state index contributed by atoms with van der Waals surface area (Å²) in [6.07, 6.45) is -3.54. The van der Waals surface area contributed by atoms with Gasteiger partial charge in [-0.1, -0.05) is 0 Å². The van der Waals surface area contributed by atoms with Crippen LogP contribution in [0.15, 0.2) is 0 Å². The number of carboxylic acid groups (broad SMARTS) is 1. The summed E-state index contributed by atoms with van der Waals surface area (Å²) in [6.45, 7) is -0.315. The van der Waals surface area contributed by atoms with Crippen molar-refractivity contribution in [2.75, 3.05) is 35.0 Å². The fourth-order valence-corrected chi connectivity index (χ4v) is 1.62. The minimum absolute atomic E-state index is 0.315. The molecule has 0 saturated heterocycles. The van der Waals surface area contributed by atoms with Crippen LogP contribution in [0.1, 0.15) is 0 Å². The zero-order chi connectivity index (χ0) is 13.4. The Morgan fingerprint density at radius 1 is 1.00 bits per heavy atom. The van der Waals surface area contributed by atoms with E-state index in [4.69, 9.17) is 29.2 Å². The second-order valence-electron chi connectivity index (χ2n) is 3.35. The second-order valence-corrected chi connectivity index (χ2v) is 3.35. The molecule has 0 radical (unpaired) electrons. The van der Waals surface area contributed by atoms with Crippen molar-refractivity contribution in [1.29, 1.82) is 0 Å². The van der Waals surface area contributed by atoms with E-state index < -0.39 is 30.4 Å². The maximum atomic E-state index is 11.0. The van der Waals surface area contributed by atoms with E-state index in [1.807, 2.05) is 0 Å². The van der Waals surface area contributed by atoms with Crippen molar-refractivity contribution in [1.82, 2.24) is 0 Å². The molecule has 0 aliphatic carbocycles. The van der Waals surface area contributed by atoms with Crippen LogP contribution >= 0.6 is 0 Å². The van der Waals surface area contributed by atoms with Crippen molar-refractivity contribution in [2.24, 2.45) is 0 Å². The van der Waals surface area contributed by atoms with E-state index in [0.29, 0.717) is 0 Å². The highest BCUT2D eigenvalue weighted by Gasteiger charge is 2.39. The molecule has 17 heavy (non-hydrogen) atoms. The van der Waals surface area contributed by atoms with Crippen LogP contribution in [-0.2, 0) is 23.7 Å². The Balaban J connectivity index is 4.95. The lowest BCUT2D eigenvalue weighted by Gasteiger charge is -2.32. The van der Waals surface area contributed by atoms with Crippen molar-refractivity contribution in [3.8, 4) is 0 Å². The number of hydrogen-bond acceptors (Lipinski definition) is 6. The van der Waals surface area contributed by atoms with Crippen LogP contribution in [0.3, 0.4) is 0 Å². The topological polar surface area (TPSA) is 94.5 Å². The monoisotopic (exact) mass is 252 g/mol. The molecule has 2 N–H and O–H groups in total. The molecule has 102 valence electrons. The Bertz CT molecular complexity index is 217. The number of methoxy groups -OCH3 is 4. The van der Waals surface area contributed by atoms with Crippen LogP contribution in [0.5, 0.6) is 0 Å². The second kappa shape index (κ2) is 8.37. The van der Waals surface area contributed by atoms with Gasteiger partial charge in [0, 0.05) is 28.4 Å². The highest BCUT2D eigenvalue weighted by Crippen LogP contribution is 2.16. The van der Waals surface area contributed by atoms with Gasteiger partial charge < -0.3 is 29.2 Å². The maximum Gasteiger partial charge on any atom is 0.335 e. The van der Waals surface area contributed by atoms with Crippen LogP contribution < -0.4 is 0 Å². The van der Waals surface area contributed by atoms with Gasteiger partial charge in [0.1, 0.15) is 18.3 Å². The molecular weight excluding hydrogens is 232 g/mol. The predicted molar refractivity (Wildman–Crippen MR) is 57.9 cm³/mol. The maximum absolute atomic E-state index is 11.0. The SMILES string of the molecule is CO[C@@H]([C@H](OC)[C@@H](OC)C(=O)O)[C@@H](CO)OC. The van der Waals surface area contributed by atoms with Crippen LogP contribution in [0.2, 0.25) is 0 Å². The quantitative estimate of drug-likeness (QED) is 0.550. The Kier molecular flexibility index (Phi) is 8.01. The number of carboxylic acids is 1. The first-order valence-corrected chi connectivity index (χ1v) is 5.02. The molecule has 0 spiro atoms. The van der Waals surface area contributed by atoms with Crippen molar-refractivity contribution >= 4 is 5.97 Å². The average Bonchev–Trinajstić information content (AvgIpc) is 2.33. The minimum Gasteiger partial charge on any atom is -0.479 e. The molecule has 4 atom stereocenters. The summed E-state index contributed by atoms with van der Waals surface area (Å²) in [5.74, 6) is -1.17. The predicted octanol–water partition coefficient (Wildman–Crippen LogP) is -0.877. The molecule has 0 saturated carbocycles. The Labute approximate surface area is 100 Å². The van der Waals surface area contributed by atoms with E-state index >= 15 is 0 Å². The molecule has 0 aromatic carbocycles. The summed E-state index contributed by atoms with van der Waals surface area (Å²) in [6, 6.07) is 0. The summed E-state index contributed by atoms with van der Waals surface area (Å²) < 4.78 is 20.1. The van der Waals surface area contributed by atoms with Crippen molar-refractivity contribution in [2.45, 2.75) is 24.4 Å². The van der Waals surface area contributed by atoms with Crippen LogP contribution in [-0.4, -0.2) is 75.6 Å². The normalized spacial score (nSPS) is 18.4. The highest BCUT2D eigenvalue weighted by atomic mass is 16.6. The lowest BCUT2D eigenvalue weighted by Crippen LogP contribution is -2.51. The van der Waals surface area contributed by atoms with E-state index in [0.717, 1.165) is 0 Å². The lowest BCUT2D eigenvalue weighted by molar-refractivity contribution is -0.179. The summed E-state index contributed by atoms with van der Waals surface area (Å²) in [5, 5.41) is 18.1. The number of rotatable bonds is 9. The molecule has 0 aromatic heterocycles. The third-order valence-corrected chi connectivity index (χ3v) is 2.51. The molecule has 0 heterocycles. The first-order valence-electron chi connectivity index (χ1n) is 5.02. The zero-order valence-electron chi connectivity index (χ0n) is 10.5. The van der Waals surface area contributed by atoms with Crippen LogP contribution in [0.4, 0.5) is 0 Å². The van der Waals surface area contributed by atoms with Gasteiger partial charge in [0.15, 0.2) is 6.10 Å². The molecule has 0 aromatic rings. The molecule has 7 heteroatoms. The summed E-state index contributed by atoms with van der Waals surface area (Å²) >= 11 is 0. The summed E-state index contributed by atoms with van der Waals surface area (Å²) in [7, 11) is 5.38. The van der Waals surface area contributed by atoms with Gasteiger partial charge in [0.25, 0.3) is 0 Å². The van der Waals surface area contributed by atoms with Gasteiger partial charge in [-0.3, -0.25) is 0 Å². The summed E-state index contributed by atoms with van der Waals surface area (Å²) in [5.41, 5.74) is 0. The number of aliphatic hydroxyl groups excluding tert-OH is 1. The molecule has 0 amide bonds. The minimum atomic E-state index is -1.20. The van der Waals surface area contributed by atoms with Crippen molar-refractivity contribution < 1.29 is 34.0 Å². The van der Waals surface area contributed by atoms with E-state index in [1.165, 1.54) is 28.4 Å². The van der Waals surface area contributed by atoms with E-state index in [1.54, 1.807) is 0 Å². The Hall–Kier alpha value is -0.730. The van der Waals surface area contributed by atoms with Gasteiger partial charge in [0.2, 0.25) is 0 Å². The van der Waals surface area contributed by atoms with Crippen molar-refractivity contribution in [3.63, 3.8) is 0 Å². The standard InChI is InChI=1S/C10H20O7/c1-14-6(5-11)7(15-2)8(16-3)9(17-4)10(12)13/h6-9,11H,5H2,1-4H3,(H,12,13)/t6-,7-,8+,9-/m1/s1. The number of aliphatic hydroxyl groups is 1. The number of ether oxygens (including phenoxy) is 4. The summed E-state index contributed by atoms with van der Waals surface area (Å²) in [4.78, 5) is 11.0. The van der Waals surface area contributed by atoms with Gasteiger partial charge >= 0.3 is 5.97 Å². The number of hydrogen-bond donors (Lipinski definition) is 2. The fourth-order valence-electron chi connectivity index (χ4n) is 1.62. The zero-order valence-corrected chi connectivity index (χ0v) is 10.5. The third kappa shape index (κ3) is 4.21. The van der Waals surface area contributed by atoms with Gasteiger partial charge in [0.05, 0.1) is 6.61 Å². The smallest absolute Gasteiger partial charge is 0.335 e. The fraction of sp³-hybridized carbons (Fsp3) is 0.900. The van der Waals surface area contributed by atoms with Crippen LogP contribution in [0, 0.1) is 0 Å². The molecule has 0 rings (SSSR count). The molecular formula is C10H20O7. The van der Waals surface area contributed by atoms with Crippen molar-refractivity contribution in [3.05, 3.63) is 0 Å². The largest absolute Gasteiger partial charge is 0.479 e. The first-order chi connectivity index (χ1) is 8.06. The van der Waals surface area contributed by atoms with E-state index in [9.17, 15) is 4.79 Å².